The van der Waals surface area contributed by atoms with Gasteiger partial charge in [-0.1, -0.05) is 33.1 Å². The van der Waals surface area contributed by atoms with Crippen LogP contribution in [-0.4, -0.2) is 17.5 Å². The fraction of sp³-hybridized carbons (Fsp3) is 0.917. The Balaban J connectivity index is 2.71. The van der Waals surface area contributed by atoms with Gasteiger partial charge in [-0.25, -0.2) is 0 Å². The SMILES string of the molecule is CC[C@](C)(C(=O)CO)C1CCCCC1. The zero-order chi connectivity index (χ0) is 10.6. The first-order valence-corrected chi connectivity index (χ1v) is 5.79. The van der Waals surface area contributed by atoms with Crippen LogP contribution in [0.5, 0.6) is 0 Å². The third-order valence-corrected chi connectivity index (χ3v) is 4.02. The van der Waals surface area contributed by atoms with E-state index in [1.807, 2.05) is 6.92 Å². The van der Waals surface area contributed by atoms with Crippen molar-refractivity contribution in [1.82, 2.24) is 0 Å². The summed E-state index contributed by atoms with van der Waals surface area (Å²) < 4.78 is 0. The maximum absolute atomic E-state index is 11.7. The molecule has 1 rings (SSSR count). The van der Waals surface area contributed by atoms with Crippen LogP contribution >= 0.6 is 0 Å². The second kappa shape index (κ2) is 4.92. The van der Waals surface area contributed by atoms with E-state index >= 15 is 0 Å². The summed E-state index contributed by atoms with van der Waals surface area (Å²) >= 11 is 0. The van der Waals surface area contributed by atoms with Crippen LogP contribution in [0.1, 0.15) is 52.4 Å². The van der Waals surface area contributed by atoms with Crippen LogP contribution in [0, 0.1) is 11.3 Å². The molecule has 0 spiro atoms. The van der Waals surface area contributed by atoms with E-state index < -0.39 is 0 Å². The fourth-order valence-electron chi connectivity index (χ4n) is 2.63. The number of carbonyl (C=O) groups is 1. The van der Waals surface area contributed by atoms with Crippen molar-refractivity contribution in [3.05, 3.63) is 0 Å². The molecule has 1 N–H and O–H groups in total. The Kier molecular flexibility index (Phi) is 4.11. The van der Waals surface area contributed by atoms with Crippen LogP contribution in [-0.2, 0) is 4.79 Å². The van der Waals surface area contributed by atoms with E-state index in [2.05, 4.69) is 6.92 Å². The molecule has 0 aliphatic heterocycles. The molecule has 0 amide bonds. The van der Waals surface area contributed by atoms with E-state index in [0.717, 1.165) is 19.3 Å². The van der Waals surface area contributed by atoms with E-state index in [1.165, 1.54) is 19.3 Å². The highest BCUT2D eigenvalue weighted by molar-refractivity contribution is 5.85. The molecule has 2 heteroatoms. The van der Waals surface area contributed by atoms with Crippen molar-refractivity contribution in [2.75, 3.05) is 6.61 Å². The van der Waals surface area contributed by atoms with Crippen LogP contribution in [0.3, 0.4) is 0 Å². The van der Waals surface area contributed by atoms with Crippen molar-refractivity contribution < 1.29 is 9.90 Å². The molecule has 0 unspecified atom stereocenters. The van der Waals surface area contributed by atoms with Gasteiger partial charge >= 0.3 is 0 Å². The van der Waals surface area contributed by atoms with Gasteiger partial charge in [0.25, 0.3) is 0 Å². The van der Waals surface area contributed by atoms with Gasteiger partial charge in [-0.15, -0.1) is 0 Å². The van der Waals surface area contributed by atoms with Gasteiger partial charge in [-0.05, 0) is 25.2 Å². The monoisotopic (exact) mass is 198 g/mol. The lowest BCUT2D eigenvalue weighted by Gasteiger charge is -2.37. The minimum atomic E-state index is -0.291. The zero-order valence-corrected chi connectivity index (χ0v) is 9.38. The Morgan fingerprint density at radius 2 is 1.93 bits per heavy atom. The molecule has 0 aromatic rings. The molecule has 82 valence electrons. The lowest BCUT2D eigenvalue weighted by Crippen LogP contribution is -2.38. The number of aliphatic hydroxyl groups excluding tert-OH is 1. The first kappa shape index (κ1) is 11.7. The average Bonchev–Trinajstić information content (AvgIpc) is 2.28. The minimum absolute atomic E-state index is 0.0342. The van der Waals surface area contributed by atoms with Crippen molar-refractivity contribution in [3.8, 4) is 0 Å². The summed E-state index contributed by atoms with van der Waals surface area (Å²) in [5.74, 6) is 0.535. The van der Waals surface area contributed by atoms with E-state index in [4.69, 9.17) is 5.11 Å². The fourth-order valence-corrected chi connectivity index (χ4v) is 2.63. The molecule has 0 bridgehead atoms. The summed E-state index contributed by atoms with van der Waals surface area (Å²) in [6.45, 7) is 3.80. The molecule has 1 atom stereocenters. The molecule has 2 nitrogen and oxygen atoms in total. The molecule has 1 saturated carbocycles. The topological polar surface area (TPSA) is 37.3 Å². The Morgan fingerprint density at radius 1 is 1.36 bits per heavy atom. The molecule has 1 aliphatic carbocycles. The summed E-state index contributed by atoms with van der Waals surface area (Å²) in [5.41, 5.74) is -0.269. The van der Waals surface area contributed by atoms with Crippen molar-refractivity contribution >= 4 is 5.78 Å². The highest BCUT2D eigenvalue weighted by Gasteiger charge is 2.38. The number of hydrogen-bond donors (Lipinski definition) is 1. The molecular formula is C12H22O2. The summed E-state index contributed by atoms with van der Waals surface area (Å²) in [6.07, 6.45) is 6.99. The van der Waals surface area contributed by atoms with Crippen LogP contribution in [0.4, 0.5) is 0 Å². The second-order valence-corrected chi connectivity index (χ2v) is 4.69. The second-order valence-electron chi connectivity index (χ2n) is 4.69. The smallest absolute Gasteiger partial charge is 0.164 e. The maximum Gasteiger partial charge on any atom is 0.164 e. The standard InChI is InChI=1S/C12H22O2/c1-3-12(2,11(14)9-13)10-7-5-4-6-8-10/h10,13H,3-9H2,1-2H3/t12-/m0/s1. The van der Waals surface area contributed by atoms with Crippen LogP contribution in [0.2, 0.25) is 0 Å². The normalized spacial score (nSPS) is 23.1. The number of Topliss-reactive ketones (excluding diaryl/α,β-unsaturated/α-hetero) is 1. The molecular weight excluding hydrogens is 176 g/mol. The van der Waals surface area contributed by atoms with Gasteiger partial charge in [0, 0.05) is 5.41 Å². The Hall–Kier alpha value is -0.370. The third-order valence-electron chi connectivity index (χ3n) is 4.02. The van der Waals surface area contributed by atoms with Gasteiger partial charge in [-0.3, -0.25) is 4.79 Å². The van der Waals surface area contributed by atoms with E-state index in [0.29, 0.717) is 5.92 Å². The van der Waals surface area contributed by atoms with Gasteiger partial charge in [-0.2, -0.15) is 0 Å². The van der Waals surface area contributed by atoms with E-state index in [-0.39, 0.29) is 17.8 Å². The van der Waals surface area contributed by atoms with Gasteiger partial charge in [0.15, 0.2) is 5.78 Å². The summed E-state index contributed by atoms with van der Waals surface area (Å²) in [5, 5.41) is 8.98. The highest BCUT2D eigenvalue weighted by atomic mass is 16.3. The molecule has 0 radical (unpaired) electrons. The third kappa shape index (κ3) is 2.17. The van der Waals surface area contributed by atoms with Gasteiger partial charge in [0.05, 0.1) is 0 Å². The Bertz CT molecular complexity index is 194. The van der Waals surface area contributed by atoms with Crippen molar-refractivity contribution in [1.29, 1.82) is 0 Å². The molecule has 0 saturated heterocycles. The van der Waals surface area contributed by atoms with Gasteiger partial charge in [0.2, 0.25) is 0 Å². The number of carbonyl (C=O) groups excluding carboxylic acids is 1. The minimum Gasteiger partial charge on any atom is -0.389 e. The number of aliphatic hydroxyl groups is 1. The highest BCUT2D eigenvalue weighted by Crippen LogP contribution is 2.41. The van der Waals surface area contributed by atoms with Crippen LogP contribution < -0.4 is 0 Å². The summed E-state index contributed by atoms with van der Waals surface area (Å²) in [6, 6.07) is 0. The number of hydrogen-bond acceptors (Lipinski definition) is 2. The van der Waals surface area contributed by atoms with Gasteiger partial charge in [0.1, 0.15) is 6.61 Å². The Labute approximate surface area is 86.7 Å². The molecule has 1 fully saturated rings. The summed E-state index contributed by atoms with van der Waals surface area (Å²) in [4.78, 5) is 11.7. The summed E-state index contributed by atoms with van der Waals surface area (Å²) in [7, 11) is 0. The van der Waals surface area contributed by atoms with E-state index in [1.54, 1.807) is 0 Å². The number of rotatable bonds is 4. The lowest BCUT2D eigenvalue weighted by atomic mass is 9.66. The van der Waals surface area contributed by atoms with Crippen molar-refractivity contribution in [2.24, 2.45) is 11.3 Å². The largest absolute Gasteiger partial charge is 0.389 e. The molecule has 0 heterocycles. The average molecular weight is 198 g/mol. The quantitative estimate of drug-likeness (QED) is 0.753. The van der Waals surface area contributed by atoms with Crippen molar-refractivity contribution in [3.63, 3.8) is 0 Å². The molecule has 1 aliphatic rings. The first-order valence-electron chi connectivity index (χ1n) is 5.79. The maximum atomic E-state index is 11.7. The van der Waals surface area contributed by atoms with Crippen molar-refractivity contribution in [2.45, 2.75) is 52.4 Å². The van der Waals surface area contributed by atoms with Crippen LogP contribution in [0.25, 0.3) is 0 Å². The molecule has 14 heavy (non-hydrogen) atoms. The number of ketones is 1. The van der Waals surface area contributed by atoms with E-state index in [9.17, 15) is 4.79 Å². The van der Waals surface area contributed by atoms with Gasteiger partial charge < -0.3 is 5.11 Å². The predicted octanol–water partition coefficient (Wildman–Crippen LogP) is 2.54. The lowest BCUT2D eigenvalue weighted by molar-refractivity contribution is -0.135. The zero-order valence-electron chi connectivity index (χ0n) is 9.38. The molecule has 0 aromatic heterocycles. The predicted molar refractivity (Wildman–Crippen MR) is 57.1 cm³/mol. The first-order chi connectivity index (χ1) is 6.65. The van der Waals surface area contributed by atoms with Crippen LogP contribution in [0.15, 0.2) is 0 Å². The Morgan fingerprint density at radius 3 is 2.36 bits per heavy atom. The molecule has 0 aromatic carbocycles.